The van der Waals surface area contributed by atoms with Crippen molar-refractivity contribution in [2.75, 3.05) is 31.5 Å². The number of anilines is 1. The number of nitrogens with zero attached hydrogens (tertiary/aromatic N) is 7. The quantitative estimate of drug-likeness (QED) is 0.246. The fraction of sp³-hybridized carbons (Fsp3) is 0.469. The number of ether oxygens (including phenoxy) is 2. The van der Waals surface area contributed by atoms with Crippen LogP contribution in [0.4, 0.5) is 14.5 Å². The van der Waals surface area contributed by atoms with Crippen LogP contribution in [0.15, 0.2) is 53.9 Å². The van der Waals surface area contributed by atoms with Crippen LogP contribution in [0.5, 0.6) is 5.75 Å². The summed E-state index contributed by atoms with van der Waals surface area (Å²) in [6.07, 6.45) is 9.79. The molecule has 4 aliphatic heterocycles. The normalized spacial score (nSPS) is 20.2. The second-order valence-electron chi connectivity index (χ2n) is 12.4. The van der Waals surface area contributed by atoms with Gasteiger partial charge in [0, 0.05) is 72.9 Å². The van der Waals surface area contributed by atoms with Gasteiger partial charge >= 0.3 is 6.61 Å². The first-order chi connectivity index (χ1) is 22.7. The van der Waals surface area contributed by atoms with Gasteiger partial charge in [-0.05, 0) is 37.1 Å². The Morgan fingerprint density at radius 1 is 1.17 bits per heavy atom. The van der Waals surface area contributed by atoms with E-state index in [0.717, 1.165) is 37.2 Å². The van der Waals surface area contributed by atoms with Gasteiger partial charge in [0.2, 0.25) is 5.91 Å². The molecule has 4 fully saturated rings. The van der Waals surface area contributed by atoms with Crippen LogP contribution in [-0.4, -0.2) is 102 Å². The van der Waals surface area contributed by atoms with Crippen LogP contribution >= 0.6 is 11.8 Å². The third-order valence-electron chi connectivity index (χ3n) is 8.75. The SMILES string of the molecule is CC(C)Sc1ccc(OC(F)F)c(-c2nn(CC(=O)N3CCC(N4CC5CC(C4)O5)CC3)cc2NC(=O)c2cnn3cccnc23)c1. The van der Waals surface area contributed by atoms with E-state index in [1.54, 1.807) is 48.6 Å². The standard InChI is InChI=1S/C32H36F2N8O4S/c1-19(2)47-23-4-5-27(46-32(33)34)24(13-23)29-26(37-31(44)25-14-36-42-9-3-8-35-30(25)42)17-41(38-29)18-28(43)39-10-6-20(7-11-39)40-15-21-12-22(16-40)45-21/h3-5,8-9,13-14,17,19-22,32H,6-7,10-12,15-16,18H2,1-2H3,(H,37,44). The van der Waals surface area contributed by atoms with Crippen LogP contribution in [0.3, 0.4) is 0 Å². The fourth-order valence-electron chi connectivity index (χ4n) is 6.61. The molecule has 0 spiro atoms. The van der Waals surface area contributed by atoms with Gasteiger partial charge < -0.3 is 19.7 Å². The molecule has 47 heavy (non-hydrogen) atoms. The highest BCUT2D eigenvalue weighted by molar-refractivity contribution is 7.99. The van der Waals surface area contributed by atoms with E-state index < -0.39 is 12.5 Å². The third kappa shape index (κ3) is 6.83. The molecule has 1 aromatic carbocycles. The zero-order valence-corrected chi connectivity index (χ0v) is 26.9. The van der Waals surface area contributed by atoms with Gasteiger partial charge in [0.25, 0.3) is 5.91 Å². The van der Waals surface area contributed by atoms with Gasteiger partial charge in [-0.15, -0.1) is 11.8 Å². The number of rotatable bonds is 10. The van der Waals surface area contributed by atoms with Crippen molar-refractivity contribution in [2.45, 2.75) is 74.7 Å². The zero-order chi connectivity index (χ0) is 32.7. The molecule has 4 aromatic rings. The Balaban J connectivity index is 1.15. The van der Waals surface area contributed by atoms with Crippen molar-refractivity contribution in [3.63, 3.8) is 0 Å². The first-order valence-electron chi connectivity index (χ1n) is 15.8. The van der Waals surface area contributed by atoms with E-state index in [9.17, 15) is 18.4 Å². The second kappa shape index (κ2) is 13.2. The van der Waals surface area contributed by atoms with E-state index in [-0.39, 0.29) is 46.0 Å². The highest BCUT2D eigenvalue weighted by Gasteiger charge is 2.41. The molecule has 0 radical (unpaired) electrons. The Hall–Kier alpha value is -4.08. The number of thioether (sulfide) groups is 1. The summed E-state index contributed by atoms with van der Waals surface area (Å²) >= 11 is 1.55. The second-order valence-corrected chi connectivity index (χ2v) is 14.0. The highest BCUT2D eigenvalue weighted by Crippen LogP contribution is 2.39. The predicted molar refractivity (Wildman–Crippen MR) is 171 cm³/mol. The molecular formula is C32H36F2N8O4S. The fourth-order valence-corrected chi connectivity index (χ4v) is 7.49. The van der Waals surface area contributed by atoms with Gasteiger partial charge in [0.05, 0.1) is 24.1 Å². The minimum absolute atomic E-state index is 0.0843. The number of nitrogens with one attached hydrogen (secondary N) is 1. The number of piperidine rings is 2. The lowest BCUT2D eigenvalue weighted by atomic mass is 9.94. The molecule has 2 bridgehead atoms. The monoisotopic (exact) mass is 666 g/mol. The van der Waals surface area contributed by atoms with Crippen LogP contribution in [-0.2, 0) is 16.1 Å². The molecule has 2 unspecified atom stereocenters. The molecule has 1 N–H and O–H groups in total. The Labute approximate surface area is 274 Å². The number of fused-ring (bicyclic) bond motifs is 3. The molecular weight excluding hydrogens is 630 g/mol. The summed E-state index contributed by atoms with van der Waals surface area (Å²) in [4.78, 5) is 36.5. The van der Waals surface area contributed by atoms with Gasteiger partial charge in [-0.3, -0.25) is 19.2 Å². The first-order valence-corrected chi connectivity index (χ1v) is 16.7. The minimum Gasteiger partial charge on any atom is -0.434 e. The Morgan fingerprint density at radius 2 is 1.94 bits per heavy atom. The van der Waals surface area contributed by atoms with Crippen molar-refractivity contribution in [2.24, 2.45) is 0 Å². The number of likely N-dealkylation sites (tertiary alicyclic amines) is 1. The summed E-state index contributed by atoms with van der Waals surface area (Å²) in [5.41, 5.74) is 1.26. The lowest BCUT2D eigenvalue weighted by Crippen LogP contribution is -2.61. The number of carbonyl (C=O) groups excluding carboxylic acids is 2. The van der Waals surface area contributed by atoms with Crippen molar-refractivity contribution in [3.8, 4) is 17.0 Å². The van der Waals surface area contributed by atoms with Crippen molar-refractivity contribution >= 4 is 34.9 Å². The molecule has 0 saturated carbocycles. The molecule has 2 atom stereocenters. The van der Waals surface area contributed by atoms with Crippen molar-refractivity contribution in [1.82, 2.24) is 34.2 Å². The number of alkyl halides is 2. The molecule has 8 rings (SSSR count). The maximum Gasteiger partial charge on any atom is 0.387 e. The Morgan fingerprint density at radius 3 is 2.66 bits per heavy atom. The number of hydrogen-bond donors (Lipinski definition) is 1. The number of halogens is 2. The van der Waals surface area contributed by atoms with Crippen LogP contribution in [0.1, 0.15) is 43.5 Å². The van der Waals surface area contributed by atoms with Crippen LogP contribution < -0.4 is 10.1 Å². The largest absolute Gasteiger partial charge is 0.434 e. The van der Waals surface area contributed by atoms with E-state index >= 15 is 0 Å². The van der Waals surface area contributed by atoms with Crippen LogP contribution in [0.2, 0.25) is 0 Å². The molecule has 2 amide bonds. The van der Waals surface area contributed by atoms with Gasteiger partial charge in [-0.25, -0.2) is 9.50 Å². The average molecular weight is 667 g/mol. The maximum absolute atomic E-state index is 13.5. The van der Waals surface area contributed by atoms with Crippen molar-refractivity contribution < 1.29 is 27.8 Å². The summed E-state index contributed by atoms with van der Waals surface area (Å²) in [5.74, 6) is -0.724. The predicted octanol–water partition coefficient (Wildman–Crippen LogP) is 4.41. The third-order valence-corrected chi connectivity index (χ3v) is 9.74. The molecule has 0 aliphatic carbocycles. The summed E-state index contributed by atoms with van der Waals surface area (Å²) < 4.78 is 40.6. The van der Waals surface area contributed by atoms with Crippen molar-refractivity contribution in [1.29, 1.82) is 0 Å². The molecule has 12 nitrogen and oxygen atoms in total. The Bertz CT molecular complexity index is 1760. The summed E-state index contributed by atoms with van der Waals surface area (Å²) in [6, 6.07) is 7.02. The van der Waals surface area contributed by atoms with Gasteiger partial charge in [0.1, 0.15) is 23.6 Å². The maximum atomic E-state index is 13.5. The van der Waals surface area contributed by atoms with Crippen molar-refractivity contribution in [3.05, 3.63) is 54.6 Å². The average Bonchev–Trinajstić information content (AvgIpc) is 3.65. The zero-order valence-electron chi connectivity index (χ0n) is 26.1. The van der Waals surface area contributed by atoms with E-state index in [1.165, 1.54) is 21.5 Å². The van der Waals surface area contributed by atoms with E-state index in [4.69, 9.17) is 9.47 Å². The molecule has 4 saturated heterocycles. The summed E-state index contributed by atoms with van der Waals surface area (Å²) in [6.45, 7) is 4.08. The molecule has 248 valence electrons. The number of hydrogen-bond acceptors (Lipinski definition) is 9. The summed E-state index contributed by atoms with van der Waals surface area (Å²) in [5, 5.41) is 11.9. The number of benzene rings is 1. The van der Waals surface area contributed by atoms with Gasteiger partial charge in [-0.1, -0.05) is 13.8 Å². The summed E-state index contributed by atoms with van der Waals surface area (Å²) in [7, 11) is 0. The smallest absolute Gasteiger partial charge is 0.387 e. The number of aromatic nitrogens is 5. The molecule has 15 heteroatoms. The van der Waals surface area contributed by atoms with Crippen LogP contribution in [0.25, 0.3) is 16.9 Å². The number of carbonyl (C=O) groups is 2. The first kappa shape index (κ1) is 31.5. The molecule has 4 aliphatic rings. The molecule has 3 aromatic heterocycles. The van der Waals surface area contributed by atoms with Gasteiger partial charge in [0.15, 0.2) is 5.65 Å². The topological polar surface area (TPSA) is 119 Å². The number of morpholine rings is 1. The van der Waals surface area contributed by atoms with E-state index in [0.29, 0.717) is 37.0 Å². The molecule has 7 heterocycles. The highest BCUT2D eigenvalue weighted by atomic mass is 32.2. The Kier molecular flexibility index (Phi) is 8.85. The van der Waals surface area contributed by atoms with Gasteiger partial charge in [-0.2, -0.15) is 19.0 Å². The van der Waals surface area contributed by atoms with E-state index in [2.05, 4.69) is 25.4 Å². The lowest BCUT2D eigenvalue weighted by molar-refractivity contribution is -0.190. The minimum atomic E-state index is -3.07. The van der Waals surface area contributed by atoms with Crippen LogP contribution in [0, 0.1) is 0 Å². The lowest BCUT2D eigenvalue weighted by Gasteiger charge is -2.51. The number of amides is 2. The van der Waals surface area contributed by atoms with E-state index in [1.807, 2.05) is 18.7 Å².